The second-order valence-electron chi connectivity index (χ2n) is 18.3. The summed E-state index contributed by atoms with van der Waals surface area (Å²) in [5.74, 6) is 1.18. The molecule has 0 spiro atoms. The van der Waals surface area contributed by atoms with E-state index < -0.39 is 0 Å². The molecule has 0 radical (unpaired) electrons. The van der Waals surface area contributed by atoms with E-state index in [9.17, 15) is 0 Å². The van der Waals surface area contributed by atoms with Crippen LogP contribution in [0.5, 0.6) is 0 Å². The van der Waals surface area contributed by atoms with Gasteiger partial charge in [0.25, 0.3) is 0 Å². The maximum atomic E-state index is 5.41. The standard InChI is InChI=1S/C57H34N12/c1-57-21-7-6-18-44(57)67(46-26-32-11-2-3-15-40(32)69(46)57)34-20-19-33-25-45-66(41-16-4-5-17-42(41)68(45)43(33)28-34)35-27-39-38-14-10-24-60-51(38)55-47-48-54(63-31-65-56(48)52(39)61-29-35)50-37(13-9-23-59-50)36-12-8-22-58-49(36)53(47)62-30-64-55/h2-31,44H,1H3. The molecule has 0 amide bonds. The molecule has 0 N–H and O–H groups in total. The van der Waals surface area contributed by atoms with E-state index >= 15 is 0 Å². The van der Waals surface area contributed by atoms with Crippen molar-refractivity contribution in [3.8, 4) is 5.69 Å². The van der Waals surface area contributed by atoms with Crippen molar-refractivity contribution in [3.63, 3.8) is 0 Å². The summed E-state index contributed by atoms with van der Waals surface area (Å²) in [6.07, 6.45) is 19.6. The van der Waals surface area contributed by atoms with Gasteiger partial charge in [-0.3, -0.25) is 28.9 Å². The Kier molecular flexibility index (Phi) is 7.00. The molecule has 0 saturated heterocycles. The molecule has 4 aliphatic rings. The molecule has 12 aromatic rings. The molecule has 12 nitrogen and oxygen atoms in total. The van der Waals surface area contributed by atoms with Crippen molar-refractivity contribution < 1.29 is 0 Å². The Bertz CT molecular complexity index is 4790. The minimum absolute atomic E-state index is 0.0985. The van der Waals surface area contributed by atoms with Crippen molar-refractivity contribution in [2.24, 2.45) is 0 Å². The monoisotopic (exact) mass is 886 g/mol. The predicted molar refractivity (Wildman–Crippen MR) is 273 cm³/mol. The normalized spacial score (nSPS) is 16.8. The Morgan fingerprint density at radius 3 is 1.74 bits per heavy atom. The van der Waals surface area contributed by atoms with Gasteiger partial charge in [-0.2, -0.15) is 0 Å². The number of rotatable bonds is 2. The zero-order valence-electron chi connectivity index (χ0n) is 36.8. The van der Waals surface area contributed by atoms with Crippen LogP contribution in [0.1, 0.15) is 6.92 Å². The lowest BCUT2D eigenvalue weighted by Crippen LogP contribution is -2.41. The molecule has 3 aromatic carbocycles. The van der Waals surface area contributed by atoms with Crippen LogP contribution in [0.2, 0.25) is 0 Å². The van der Waals surface area contributed by atoms with Crippen LogP contribution in [-0.2, 0) is 5.54 Å². The van der Waals surface area contributed by atoms with Crippen LogP contribution in [0.4, 0.5) is 11.5 Å². The molecule has 2 atom stereocenters. The van der Waals surface area contributed by atoms with E-state index in [1.54, 1.807) is 25.0 Å². The first-order valence-electron chi connectivity index (χ1n) is 23.0. The number of para-hydroxylation sites is 3. The Morgan fingerprint density at radius 2 is 1.06 bits per heavy atom. The van der Waals surface area contributed by atoms with Gasteiger partial charge >= 0.3 is 0 Å². The van der Waals surface area contributed by atoms with E-state index in [-0.39, 0.29) is 11.6 Å². The van der Waals surface area contributed by atoms with Gasteiger partial charge in [0.2, 0.25) is 0 Å². The highest BCUT2D eigenvalue weighted by molar-refractivity contribution is 6.17. The number of benzene rings is 3. The van der Waals surface area contributed by atoms with Crippen molar-refractivity contribution in [1.82, 2.24) is 53.4 Å². The van der Waals surface area contributed by atoms with E-state index in [0.29, 0.717) is 44.1 Å². The van der Waals surface area contributed by atoms with Crippen molar-refractivity contribution in [2.75, 3.05) is 4.90 Å². The zero-order chi connectivity index (χ0) is 45.1. The summed E-state index contributed by atoms with van der Waals surface area (Å²) in [5, 5.41) is 7.38. The number of anilines is 2. The number of fused-ring (bicyclic) bond motifs is 20. The first-order chi connectivity index (χ1) is 34.1. The number of imidazole rings is 1. The number of aromatic nitrogens is 11. The molecule has 0 saturated carbocycles. The van der Waals surface area contributed by atoms with Crippen LogP contribution in [-0.4, -0.2) is 59.4 Å². The molecule has 1 aliphatic heterocycles. The number of hydrogen-bond donors (Lipinski definition) is 0. The molecule has 12 heteroatoms. The highest BCUT2D eigenvalue weighted by Gasteiger charge is 2.47. The molecule has 16 rings (SSSR count). The highest BCUT2D eigenvalue weighted by Crippen LogP contribution is 2.50. The van der Waals surface area contributed by atoms with E-state index in [2.05, 4.69) is 153 Å². The fourth-order valence-electron chi connectivity index (χ4n) is 11.9. The first-order valence-corrected chi connectivity index (χ1v) is 23.0. The maximum absolute atomic E-state index is 5.41. The van der Waals surface area contributed by atoms with Crippen molar-refractivity contribution in [1.29, 1.82) is 0 Å². The molecule has 9 aromatic heterocycles. The summed E-state index contributed by atoms with van der Waals surface area (Å²) in [6, 6.07) is 43.2. The third kappa shape index (κ3) is 4.71. The van der Waals surface area contributed by atoms with Crippen molar-refractivity contribution in [2.45, 2.75) is 18.5 Å². The number of allylic oxidation sites excluding steroid dienone is 2. The smallest absolute Gasteiger partial charge is 0.123 e. The Balaban J connectivity index is 0.994. The number of nitrogens with zero attached hydrogens (tertiary/aromatic N) is 12. The molecule has 10 heterocycles. The Labute approximate surface area is 390 Å². The second kappa shape index (κ2) is 13.1. The van der Waals surface area contributed by atoms with Crippen molar-refractivity contribution in [3.05, 3.63) is 194 Å². The molecular formula is C57H34N12. The molecule has 322 valence electrons. The molecular weight excluding hydrogens is 853 g/mol. The van der Waals surface area contributed by atoms with Crippen LogP contribution in [0, 0.1) is 10.4 Å². The third-order valence-electron chi connectivity index (χ3n) is 14.8. The SMILES string of the molecule is CC12C=CC=CC1N(c1ccc3cc4n(-c5cnc6c7ncnc8c7=c7c(ncnc7c7ncccc7c6c5)c5ncccc5c5cccnc85)c5ccccc5n4c3c1)c1cc3ccccc3n12. The summed E-state index contributed by atoms with van der Waals surface area (Å²) >= 11 is 0. The van der Waals surface area contributed by atoms with Crippen LogP contribution in [0.25, 0.3) is 110 Å². The fraction of sp³-hybridized carbons (Fsp3) is 0.0526. The Morgan fingerprint density at radius 1 is 0.464 bits per heavy atom. The largest absolute Gasteiger partial charge is 0.318 e. The zero-order valence-corrected chi connectivity index (χ0v) is 36.8. The quantitative estimate of drug-likeness (QED) is 0.167. The maximum Gasteiger partial charge on any atom is 0.123 e. The molecule has 69 heavy (non-hydrogen) atoms. The van der Waals surface area contributed by atoms with Gasteiger partial charge in [0.05, 0.1) is 67.6 Å². The molecule has 0 fully saturated rings. The van der Waals surface area contributed by atoms with Crippen molar-refractivity contribution >= 4 is 116 Å². The lowest BCUT2D eigenvalue weighted by Gasteiger charge is -2.34. The van der Waals surface area contributed by atoms with Gasteiger partial charge < -0.3 is 9.47 Å². The molecule has 3 aliphatic carbocycles. The van der Waals surface area contributed by atoms with Gasteiger partial charge in [0, 0.05) is 67.0 Å². The van der Waals surface area contributed by atoms with Gasteiger partial charge in [-0.15, -0.1) is 0 Å². The van der Waals surface area contributed by atoms with E-state index in [1.165, 1.54) is 16.7 Å². The van der Waals surface area contributed by atoms with Gasteiger partial charge in [-0.25, -0.2) is 19.9 Å². The van der Waals surface area contributed by atoms with Gasteiger partial charge in [-0.1, -0.05) is 78.9 Å². The lowest BCUT2D eigenvalue weighted by atomic mass is 9.88. The summed E-state index contributed by atoms with van der Waals surface area (Å²) in [5.41, 5.74) is 12.7. The summed E-state index contributed by atoms with van der Waals surface area (Å²) in [7, 11) is 0. The topological polar surface area (TPSA) is 121 Å². The van der Waals surface area contributed by atoms with Gasteiger partial charge in [-0.05, 0) is 73.7 Å². The fourth-order valence-corrected chi connectivity index (χ4v) is 11.9. The number of pyridine rings is 4. The third-order valence-corrected chi connectivity index (χ3v) is 14.8. The van der Waals surface area contributed by atoms with E-state index in [0.717, 1.165) is 70.9 Å². The average Bonchev–Trinajstić information content (AvgIpc) is 4.13. The summed E-state index contributed by atoms with van der Waals surface area (Å²) in [6.45, 7) is 2.35. The van der Waals surface area contributed by atoms with Crippen LogP contribution in [0.3, 0.4) is 0 Å². The Hall–Kier alpha value is -9.42. The minimum atomic E-state index is -0.261. The summed E-state index contributed by atoms with van der Waals surface area (Å²) < 4.78 is 7.22. The molecule has 2 unspecified atom stereocenters. The second-order valence-corrected chi connectivity index (χ2v) is 18.3. The first kappa shape index (κ1) is 36.8. The number of hydrogen-bond acceptors (Lipinski definition) is 9. The average molecular weight is 887 g/mol. The van der Waals surface area contributed by atoms with Gasteiger partial charge in [0.1, 0.15) is 46.2 Å². The summed E-state index contributed by atoms with van der Waals surface area (Å²) in [4.78, 5) is 42.9. The van der Waals surface area contributed by atoms with Crippen LogP contribution in [0.15, 0.2) is 183 Å². The van der Waals surface area contributed by atoms with E-state index in [4.69, 9.17) is 39.9 Å². The predicted octanol–water partition coefficient (Wildman–Crippen LogP) is 11.7. The van der Waals surface area contributed by atoms with Crippen LogP contribution >= 0.6 is 0 Å². The highest BCUT2D eigenvalue weighted by atomic mass is 15.4. The van der Waals surface area contributed by atoms with Gasteiger partial charge in [0.15, 0.2) is 0 Å². The van der Waals surface area contributed by atoms with Crippen LogP contribution < -0.4 is 4.90 Å². The van der Waals surface area contributed by atoms with E-state index in [1.807, 2.05) is 30.6 Å². The lowest BCUT2D eigenvalue weighted by molar-refractivity contribution is 0.425. The minimum Gasteiger partial charge on any atom is -0.318 e. The molecule has 0 bridgehead atoms.